The molecule has 4 heteroatoms. The number of piperidine rings is 1. The van der Waals surface area contributed by atoms with Crippen LogP contribution in [0.4, 0.5) is 0 Å². The van der Waals surface area contributed by atoms with Crippen molar-refractivity contribution in [3.8, 4) is 5.75 Å². The van der Waals surface area contributed by atoms with Gasteiger partial charge in [-0.3, -0.25) is 0 Å². The molecule has 0 radical (unpaired) electrons. The molecule has 2 rings (SSSR count). The zero-order valence-electron chi connectivity index (χ0n) is 11.6. The number of benzene rings is 1. The first-order chi connectivity index (χ1) is 9.25. The predicted octanol–water partition coefficient (Wildman–Crippen LogP) is 2.11. The molecule has 1 heterocycles. The molecule has 1 aromatic carbocycles. The zero-order chi connectivity index (χ0) is 13.5. The molecule has 19 heavy (non-hydrogen) atoms. The summed E-state index contributed by atoms with van der Waals surface area (Å²) in [4.78, 5) is 6.57. The molecule has 1 atom stereocenters. The molecule has 0 amide bonds. The summed E-state index contributed by atoms with van der Waals surface area (Å²) in [5, 5.41) is 0. The molecule has 104 valence electrons. The minimum absolute atomic E-state index is 0.564. The van der Waals surface area contributed by atoms with Crippen molar-refractivity contribution in [1.29, 1.82) is 0 Å². The molecule has 0 saturated carbocycles. The average Bonchev–Trinajstić information content (AvgIpc) is 2.44. The molecule has 1 fully saturated rings. The number of rotatable bonds is 4. The molecule has 1 unspecified atom stereocenters. The second-order valence-corrected chi connectivity index (χ2v) is 5.09. The van der Waals surface area contributed by atoms with E-state index < -0.39 is 0 Å². The molecule has 1 saturated heterocycles. The van der Waals surface area contributed by atoms with Crippen LogP contribution in [-0.4, -0.2) is 37.1 Å². The summed E-state index contributed by atoms with van der Waals surface area (Å²) in [5.41, 5.74) is 6.01. The van der Waals surface area contributed by atoms with Crippen LogP contribution in [0.3, 0.4) is 0 Å². The van der Waals surface area contributed by atoms with Gasteiger partial charge in [0.1, 0.15) is 12.4 Å². The molecule has 0 bridgehead atoms. The minimum atomic E-state index is 0.564. The van der Waals surface area contributed by atoms with E-state index in [1.807, 2.05) is 30.3 Å². The number of aliphatic imine (C=N–C) groups is 1. The van der Waals surface area contributed by atoms with E-state index in [0.717, 1.165) is 18.8 Å². The van der Waals surface area contributed by atoms with Crippen LogP contribution in [0.5, 0.6) is 5.75 Å². The molecule has 1 aliphatic rings. The molecule has 0 aliphatic carbocycles. The highest BCUT2D eigenvalue weighted by molar-refractivity contribution is 5.78. The Morgan fingerprint density at radius 1 is 1.42 bits per heavy atom. The van der Waals surface area contributed by atoms with Gasteiger partial charge in [0.05, 0.1) is 6.54 Å². The second kappa shape index (κ2) is 7.02. The molecule has 1 aliphatic heterocycles. The van der Waals surface area contributed by atoms with Crippen LogP contribution in [0.25, 0.3) is 0 Å². The van der Waals surface area contributed by atoms with Gasteiger partial charge in [-0.1, -0.05) is 25.1 Å². The number of hydrogen-bond donors (Lipinski definition) is 1. The monoisotopic (exact) mass is 261 g/mol. The zero-order valence-corrected chi connectivity index (χ0v) is 11.6. The van der Waals surface area contributed by atoms with E-state index >= 15 is 0 Å². The summed E-state index contributed by atoms with van der Waals surface area (Å²) >= 11 is 0. The van der Waals surface area contributed by atoms with Crippen LogP contribution in [0.2, 0.25) is 0 Å². The van der Waals surface area contributed by atoms with E-state index in [1.54, 1.807) is 0 Å². The highest BCUT2D eigenvalue weighted by Crippen LogP contribution is 2.14. The lowest BCUT2D eigenvalue weighted by atomic mass is 10.0. The summed E-state index contributed by atoms with van der Waals surface area (Å²) < 4.78 is 5.58. The molecule has 0 aromatic heterocycles. The maximum absolute atomic E-state index is 6.01. The van der Waals surface area contributed by atoms with Gasteiger partial charge < -0.3 is 15.4 Å². The van der Waals surface area contributed by atoms with Gasteiger partial charge in [0.25, 0.3) is 0 Å². The van der Waals surface area contributed by atoms with Crippen LogP contribution >= 0.6 is 0 Å². The smallest absolute Gasteiger partial charge is 0.191 e. The van der Waals surface area contributed by atoms with Crippen LogP contribution in [0, 0.1) is 5.92 Å². The number of ether oxygens (including phenoxy) is 1. The first-order valence-corrected chi connectivity index (χ1v) is 6.98. The maximum atomic E-state index is 6.01. The van der Waals surface area contributed by atoms with Gasteiger partial charge in [0.15, 0.2) is 5.96 Å². The highest BCUT2D eigenvalue weighted by atomic mass is 16.5. The van der Waals surface area contributed by atoms with Gasteiger partial charge >= 0.3 is 0 Å². The van der Waals surface area contributed by atoms with Gasteiger partial charge in [-0.2, -0.15) is 0 Å². The van der Waals surface area contributed by atoms with Crippen LogP contribution in [0.1, 0.15) is 19.8 Å². The SMILES string of the molecule is CC1CCCN(C(N)=NCCOc2ccccc2)C1. The van der Waals surface area contributed by atoms with Crippen molar-refractivity contribution in [3.05, 3.63) is 30.3 Å². The number of likely N-dealkylation sites (tertiary alicyclic amines) is 1. The molecule has 4 nitrogen and oxygen atoms in total. The largest absolute Gasteiger partial charge is 0.492 e. The highest BCUT2D eigenvalue weighted by Gasteiger charge is 2.17. The fourth-order valence-corrected chi connectivity index (χ4v) is 2.34. The number of guanidine groups is 1. The first kappa shape index (κ1) is 13.7. The van der Waals surface area contributed by atoms with Crippen LogP contribution in [0.15, 0.2) is 35.3 Å². The van der Waals surface area contributed by atoms with Crippen molar-refractivity contribution < 1.29 is 4.74 Å². The third-order valence-electron chi connectivity index (χ3n) is 3.36. The standard InChI is InChI=1S/C15H23N3O/c1-13-6-5-10-18(12-13)15(16)17-9-11-19-14-7-3-2-4-8-14/h2-4,7-8,13H,5-6,9-12H2,1H3,(H2,16,17). The summed E-state index contributed by atoms with van der Waals surface area (Å²) in [6, 6.07) is 9.78. The summed E-state index contributed by atoms with van der Waals surface area (Å²) in [6.45, 7) is 5.48. The Morgan fingerprint density at radius 2 is 2.21 bits per heavy atom. The van der Waals surface area contributed by atoms with Crippen molar-refractivity contribution in [1.82, 2.24) is 4.90 Å². The van der Waals surface area contributed by atoms with Crippen molar-refractivity contribution in [2.75, 3.05) is 26.2 Å². The number of hydrogen-bond acceptors (Lipinski definition) is 2. The summed E-state index contributed by atoms with van der Waals surface area (Å²) in [5.74, 6) is 2.24. The average molecular weight is 261 g/mol. The maximum Gasteiger partial charge on any atom is 0.191 e. The molecular formula is C15H23N3O. The Morgan fingerprint density at radius 3 is 2.95 bits per heavy atom. The molecule has 1 aromatic rings. The van der Waals surface area contributed by atoms with Gasteiger partial charge in [0, 0.05) is 13.1 Å². The van der Waals surface area contributed by atoms with Crippen LogP contribution < -0.4 is 10.5 Å². The van der Waals surface area contributed by atoms with E-state index in [-0.39, 0.29) is 0 Å². The first-order valence-electron chi connectivity index (χ1n) is 6.98. The van der Waals surface area contributed by atoms with E-state index in [0.29, 0.717) is 25.0 Å². The lowest BCUT2D eigenvalue weighted by Gasteiger charge is -2.31. The number of nitrogens with zero attached hydrogens (tertiary/aromatic N) is 2. The fraction of sp³-hybridized carbons (Fsp3) is 0.533. The Bertz CT molecular complexity index is 405. The topological polar surface area (TPSA) is 50.8 Å². The quantitative estimate of drug-likeness (QED) is 0.513. The fourth-order valence-electron chi connectivity index (χ4n) is 2.34. The third kappa shape index (κ3) is 4.47. The Kier molecular flexibility index (Phi) is 5.07. The molecular weight excluding hydrogens is 238 g/mol. The van der Waals surface area contributed by atoms with Crippen molar-refractivity contribution in [3.63, 3.8) is 0 Å². The lowest BCUT2D eigenvalue weighted by molar-refractivity contribution is 0.269. The van der Waals surface area contributed by atoms with E-state index in [9.17, 15) is 0 Å². The Labute approximate surface area is 115 Å². The van der Waals surface area contributed by atoms with Gasteiger partial charge in [-0.15, -0.1) is 0 Å². The Balaban J connectivity index is 1.72. The number of nitrogens with two attached hydrogens (primary N) is 1. The van der Waals surface area contributed by atoms with E-state index in [4.69, 9.17) is 10.5 Å². The normalized spacial score (nSPS) is 20.4. The minimum Gasteiger partial charge on any atom is -0.492 e. The molecule has 2 N–H and O–H groups in total. The third-order valence-corrected chi connectivity index (χ3v) is 3.36. The Hall–Kier alpha value is -1.71. The van der Waals surface area contributed by atoms with Crippen molar-refractivity contribution in [2.24, 2.45) is 16.6 Å². The predicted molar refractivity (Wildman–Crippen MR) is 78.4 cm³/mol. The molecule has 0 spiro atoms. The van der Waals surface area contributed by atoms with Gasteiger partial charge in [-0.25, -0.2) is 4.99 Å². The van der Waals surface area contributed by atoms with E-state index in [2.05, 4.69) is 16.8 Å². The van der Waals surface area contributed by atoms with Crippen molar-refractivity contribution in [2.45, 2.75) is 19.8 Å². The lowest BCUT2D eigenvalue weighted by Crippen LogP contribution is -2.43. The second-order valence-electron chi connectivity index (χ2n) is 5.09. The van der Waals surface area contributed by atoms with Crippen LogP contribution in [-0.2, 0) is 0 Å². The van der Waals surface area contributed by atoms with Gasteiger partial charge in [-0.05, 0) is 30.9 Å². The van der Waals surface area contributed by atoms with Gasteiger partial charge in [0.2, 0.25) is 0 Å². The summed E-state index contributed by atoms with van der Waals surface area (Å²) in [7, 11) is 0. The van der Waals surface area contributed by atoms with E-state index in [1.165, 1.54) is 12.8 Å². The van der Waals surface area contributed by atoms with Crippen molar-refractivity contribution >= 4 is 5.96 Å². The number of para-hydroxylation sites is 1. The summed E-state index contributed by atoms with van der Waals surface area (Å²) in [6.07, 6.45) is 2.50.